The summed E-state index contributed by atoms with van der Waals surface area (Å²) in [5, 5.41) is 4.51. The van der Waals surface area contributed by atoms with Crippen LogP contribution in [0.1, 0.15) is 41.1 Å². The van der Waals surface area contributed by atoms with E-state index >= 15 is 0 Å². The summed E-state index contributed by atoms with van der Waals surface area (Å²) in [4.78, 5) is 22.8. The monoisotopic (exact) mass is 314 g/mol. The number of aromatic nitrogens is 4. The fourth-order valence-electron chi connectivity index (χ4n) is 3.17. The number of nitrogens with two attached hydrogens (primary N) is 1. The molecule has 1 fully saturated rings. The van der Waals surface area contributed by atoms with E-state index in [-0.39, 0.29) is 23.5 Å². The first kappa shape index (κ1) is 15.5. The lowest BCUT2D eigenvalue weighted by Gasteiger charge is -2.35. The predicted octanol–water partition coefficient (Wildman–Crippen LogP) is 1.57. The highest BCUT2D eigenvalue weighted by Crippen LogP contribution is 2.22. The standard InChI is InChI=1S/C16H22N6O/c1-11-9-12(2)22(20-11)10-13-5-3-4-8-21(13)16(23)14-15(17)19-7-6-18-14/h6-7,9,13H,3-5,8,10H2,1-2H3,(H2,17,19)/t13-/m0/s1. The molecule has 2 aromatic rings. The molecule has 1 aliphatic rings. The molecule has 1 aliphatic heterocycles. The molecule has 2 N–H and O–H groups in total. The maximum absolute atomic E-state index is 12.8. The van der Waals surface area contributed by atoms with Crippen molar-refractivity contribution >= 4 is 11.7 Å². The maximum Gasteiger partial charge on any atom is 0.276 e. The number of hydrogen-bond acceptors (Lipinski definition) is 5. The first-order chi connectivity index (χ1) is 11.1. The number of carbonyl (C=O) groups is 1. The highest BCUT2D eigenvalue weighted by Gasteiger charge is 2.30. The largest absolute Gasteiger partial charge is 0.382 e. The van der Waals surface area contributed by atoms with Crippen molar-refractivity contribution in [3.63, 3.8) is 0 Å². The quantitative estimate of drug-likeness (QED) is 0.928. The minimum Gasteiger partial charge on any atom is -0.382 e. The first-order valence-corrected chi connectivity index (χ1v) is 7.95. The molecule has 0 aliphatic carbocycles. The van der Waals surface area contributed by atoms with Gasteiger partial charge in [-0.05, 0) is 39.2 Å². The average Bonchev–Trinajstić information content (AvgIpc) is 2.85. The van der Waals surface area contributed by atoms with E-state index in [0.29, 0.717) is 6.54 Å². The second kappa shape index (κ2) is 6.36. The lowest BCUT2D eigenvalue weighted by atomic mass is 10.0. The van der Waals surface area contributed by atoms with Crippen molar-refractivity contribution in [3.05, 3.63) is 35.5 Å². The summed E-state index contributed by atoms with van der Waals surface area (Å²) in [6, 6.07) is 2.16. The number of rotatable bonds is 3. The number of nitrogens with zero attached hydrogens (tertiary/aromatic N) is 5. The van der Waals surface area contributed by atoms with Gasteiger partial charge in [0.25, 0.3) is 5.91 Å². The smallest absolute Gasteiger partial charge is 0.276 e. The zero-order chi connectivity index (χ0) is 16.4. The number of carbonyl (C=O) groups excluding carboxylic acids is 1. The van der Waals surface area contributed by atoms with Crippen LogP contribution >= 0.6 is 0 Å². The highest BCUT2D eigenvalue weighted by atomic mass is 16.2. The number of amides is 1. The Hall–Kier alpha value is -2.44. The molecule has 7 heteroatoms. The number of aryl methyl sites for hydroxylation is 2. The SMILES string of the molecule is Cc1cc(C)n(C[C@@H]2CCCCN2C(=O)c2nccnc2N)n1. The summed E-state index contributed by atoms with van der Waals surface area (Å²) in [7, 11) is 0. The van der Waals surface area contributed by atoms with Gasteiger partial charge in [-0.3, -0.25) is 9.48 Å². The zero-order valence-corrected chi connectivity index (χ0v) is 13.6. The normalized spacial score (nSPS) is 18.2. The number of nitrogen functional groups attached to an aromatic ring is 1. The summed E-state index contributed by atoms with van der Waals surface area (Å²) in [6.07, 6.45) is 6.08. The van der Waals surface area contributed by atoms with Gasteiger partial charge in [-0.25, -0.2) is 9.97 Å². The van der Waals surface area contributed by atoms with Crippen molar-refractivity contribution in [2.24, 2.45) is 0 Å². The molecule has 1 saturated heterocycles. The van der Waals surface area contributed by atoms with E-state index in [1.807, 2.05) is 23.4 Å². The number of anilines is 1. The van der Waals surface area contributed by atoms with Crippen LogP contribution in [-0.2, 0) is 6.54 Å². The molecule has 1 amide bonds. The van der Waals surface area contributed by atoms with Gasteiger partial charge in [-0.2, -0.15) is 5.10 Å². The number of piperidine rings is 1. The molecular weight excluding hydrogens is 292 g/mol. The molecule has 0 aromatic carbocycles. The highest BCUT2D eigenvalue weighted by molar-refractivity contribution is 5.96. The van der Waals surface area contributed by atoms with Gasteiger partial charge < -0.3 is 10.6 Å². The van der Waals surface area contributed by atoms with Gasteiger partial charge in [0.1, 0.15) is 0 Å². The maximum atomic E-state index is 12.8. The van der Waals surface area contributed by atoms with E-state index in [0.717, 1.165) is 37.2 Å². The first-order valence-electron chi connectivity index (χ1n) is 7.95. The topological polar surface area (TPSA) is 89.9 Å². The Labute approximate surface area is 135 Å². The van der Waals surface area contributed by atoms with Crippen LogP contribution in [-0.4, -0.2) is 43.1 Å². The second-order valence-electron chi connectivity index (χ2n) is 6.05. The summed E-state index contributed by atoms with van der Waals surface area (Å²) < 4.78 is 1.98. The van der Waals surface area contributed by atoms with Gasteiger partial charge >= 0.3 is 0 Å². The molecule has 23 heavy (non-hydrogen) atoms. The van der Waals surface area contributed by atoms with E-state index in [4.69, 9.17) is 5.73 Å². The van der Waals surface area contributed by atoms with E-state index in [1.54, 1.807) is 0 Å². The fourth-order valence-corrected chi connectivity index (χ4v) is 3.17. The summed E-state index contributed by atoms with van der Waals surface area (Å²) in [6.45, 7) is 5.44. The molecule has 7 nitrogen and oxygen atoms in total. The molecule has 122 valence electrons. The molecule has 3 rings (SSSR count). The molecule has 2 aromatic heterocycles. The lowest BCUT2D eigenvalue weighted by Crippen LogP contribution is -2.46. The minimum atomic E-state index is -0.137. The Morgan fingerprint density at radius 1 is 1.30 bits per heavy atom. The van der Waals surface area contributed by atoms with Crippen LogP contribution in [0.25, 0.3) is 0 Å². The van der Waals surface area contributed by atoms with E-state index in [1.165, 1.54) is 12.4 Å². The Balaban J connectivity index is 1.83. The van der Waals surface area contributed by atoms with Crippen molar-refractivity contribution < 1.29 is 4.79 Å². The fraction of sp³-hybridized carbons (Fsp3) is 0.500. The Bertz CT molecular complexity index is 710. The van der Waals surface area contributed by atoms with Gasteiger partial charge in [0, 0.05) is 24.6 Å². The van der Waals surface area contributed by atoms with Gasteiger partial charge in [-0.1, -0.05) is 0 Å². The Kier molecular flexibility index (Phi) is 4.27. The van der Waals surface area contributed by atoms with Crippen molar-refractivity contribution in [2.75, 3.05) is 12.3 Å². The molecule has 1 atom stereocenters. The summed E-state index contributed by atoms with van der Waals surface area (Å²) >= 11 is 0. The van der Waals surface area contributed by atoms with Gasteiger partial charge in [0.15, 0.2) is 11.5 Å². The molecule has 0 saturated carbocycles. The third-order valence-corrected chi connectivity index (χ3v) is 4.30. The Morgan fingerprint density at radius 2 is 2.09 bits per heavy atom. The van der Waals surface area contributed by atoms with Crippen LogP contribution in [0.4, 0.5) is 5.82 Å². The molecular formula is C16H22N6O. The lowest BCUT2D eigenvalue weighted by molar-refractivity contribution is 0.0577. The third kappa shape index (κ3) is 3.18. The molecule has 0 radical (unpaired) electrons. The zero-order valence-electron chi connectivity index (χ0n) is 13.6. The number of likely N-dealkylation sites (tertiary alicyclic amines) is 1. The summed E-state index contributed by atoms with van der Waals surface area (Å²) in [5.41, 5.74) is 8.16. The van der Waals surface area contributed by atoms with Crippen LogP contribution < -0.4 is 5.73 Å². The van der Waals surface area contributed by atoms with Crippen LogP contribution in [0.15, 0.2) is 18.5 Å². The van der Waals surface area contributed by atoms with Crippen molar-refractivity contribution in [3.8, 4) is 0 Å². The van der Waals surface area contributed by atoms with Crippen LogP contribution in [0.5, 0.6) is 0 Å². The van der Waals surface area contributed by atoms with Crippen molar-refractivity contribution in [2.45, 2.75) is 45.7 Å². The molecule has 3 heterocycles. The minimum absolute atomic E-state index is 0.107. The van der Waals surface area contributed by atoms with Gasteiger partial charge in [-0.15, -0.1) is 0 Å². The summed E-state index contributed by atoms with van der Waals surface area (Å²) in [5.74, 6) is 0.0507. The predicted molar refractivity (Wildman–Crippen MR) is 86.8 cm³/mol. The van der Waals surface area contributed by atoms with Crippen molar-refractivity contribution in [1.29, 1.82) is 0 Å². The van der Waals surface area contributed by atoms with Crippen LogP contribution in [0, 0.1) is 13.8 Å². The second-order valence-corrected chi connectivity index (χ2v) is 6.05. The van der Waals surface area contributed by atoms with Crippen molar-refractivity contribution in [1.82, 2.24) is 24.6 Å². The van der Waals surface area contributed by atoms with E-state index in [2.05, 4.69) is 21.1 Å². The third-order valence-electron chi connectivity index (χ3n) is 4.30. The van der Waals surface area contributed by atoms with Crippen LogP contribution in [0.3, 0.4) is 0 Å². The van der Waals surface area contributed by atoms with Crippen LogP contribution in [0.2, 0.25) is 0 Å². The van der Waals surface area contributed by atoms with E-state index < -0.39 is 0 Å². The molecule has 0 unspecified atom stereocenters. The molecule has 0 bridgehead atoms. The van der Waals surface area contributed by atoms with E-state index in [9.17, 15) is 4.79 Å². The Morgan fingerprint density at radius 3 is 2.78 bits per heavy atom. The number of hydrogen-bond donors (Lipinski definition) is 1. The van der Waals surface area contributed by atoms with Gasteiger partial charge in [0.05, 0.1) is 18.3 Å². The van der Waals surface area contributed by atoms with Gasteiger partial charge in [0.2, 0.25) is 0 Å². The molecule has 0 spiro atoms. The average molecular weight is 314 g/mol.